The minimum Gasteiger partial charge on any atom is -0.391 e. The summed E-state index contributed by atoms with van der Waals surface area (Å²) in [6.45, 7) is 2.11. The molecule has 0 spiro atoms. The third-order valence-corrected chi connectivity index (χ3v) is 4.04. The molecule has 2 atom stereocenters. The van der Waals surface area contributed by atoms with Crippen LogP contribution in [0.15, 0.2) is 6.33 Å². The van der Waals surface area contributed by atoms with E-state index in [1.165, 1.54) is 6.42 Å². The number of aliphatic hydroxyl groups is 1. The number of aliphatic hydroxyl groups excluding tert-OH is 1. The molecule has 19 heavy (non-hydrogen) atoms. The molecule has 1 saturated carbocycles. The average Bonchev–Trinajstić information content (AvgIpc) is 2.46. The Morgan fingerprint density at radius 3 is 2.74 bits per heavy atom. The molecule has 1 aliphatic rings. The monoisotopic (exact) mass is 264 g/mol. The fourth-order valence-electron chi connectivity index (χ4n) is 2.95. The summed E-state index contributed by atoms with van der Waals surface area (Å²) in [7, 11) is 3.90. The summed E-state index contributed by atoms with van der Waals surface area (Å²) in [5.41, 5.74) is 1.12. The molecule has 2 unspecified atom stereocenters. The largest absolute Gasteiger partial charge is 0.391 e. The van der Waals surface area contributed by atoms with Gasteiger partial charge < -0.3 is 15.3 Å². The molecule has 5 nitrogen and oxygen atoms in total. The van der Waals surface area contributed by atoms with E-state index in [1.54, 1.807) is 6.33 Å². The third-order valence-electron chi connectivity index (χ3n) is 4.04. The molecular formula is C14H24N4O. The minimum atomic E-state index is -0.253. The number of aromatic nitrogens is 2. The van der Waals surface area contributed by atoms with Crippen LogP contribution in [-0.4, -0.2) is 41.3 Å². The lowest BCUT2D eigenvalue weighted by Crippen LogP contribution is -2.44. The van der Waals surface area contributed by atoms with Crippen LogP contribution in [0.5, 0.6) is 0 Å². The van der Waals surface area contributed by atoms with E-state index < -0.39 is 0 Å². The van der Waals surface area contributed by atoms with Crippen LogP contribution in [0.4, 0.5) is 11.6 Å². The highest BCUT2D eigenvalue weighted by Crippen LogP contribution is 2.29. The summed E-state index contributed by atoms with van der Waals surface area (Å²) >= 11 is 0. The first-order chi connectivity index (χ1) is 9.19. The molecule has 0 saturated heterocycles. The standard InChI is InChI=1S/C14H24N4O/c1-4-10-13(15-2)16-9-17-14(10)18(3)11-7-5-6-8-12(11)19/h9,11-12,19H,4-8H2,1-3H3,(H,15,16,17). The van der Waals surface area contributed by atoms with E-state index in [9.17, 15) is 5.11 Å². The smallest absolute Gasteiger partial charge is 0.137 e. The molecule has 2 rings (SSSR count). The highest BCUT2D eigenvalue weighted by atomic mass is 16.3. The number of hydrogen-bond donors (Lipinski definition) is 2. The molecule has 0 radical (unpaired) electrons. The van der Waals surface area contributed by atoms with Crippen molar-refractivity contribution in [2.24, 2.45) is 0 Å². The highest BCUT2D eigenvalue weighted by Gasteiger charge is 2.28. The molecular weight excluding hydrogens is 240 g/mol. The van der Waals surface area contributed by atoms with Gasteiger partial charge >= 0.3 is 0 Å². The maximum atomic E-state index is 10.2. The van der Waals surface area contributed by atoms with Crippen molar-refractivity contribution >= 4 is 11.6 Å². The van der Waals surface area contributed by atoms with E-state index in [2.05, 4.69) is 27.1 Å². The average molecular weight is 264 g/mol. The van der Waals surface area contributed by atoms with Gasteiger partial charge in [-0.15, -0.1) is 0 Å². The predicted octanol–water partition coefficient (Wildman–Crippen LogP) is 1.82. The quantitative estimate of drug-likeness (QED) is 0.868. The van der Waals surface area contributed by atoms with Crippen molar-refractivity contribution in [2.45, 2.75) is 51.2 Å². The molecule has 106 valence electrons. The van der Waals surface area contributed by atoms with Crippen LogP contribution in [0.1, 0.15) is 38.2 Å². The second-order valence-electron chi connectivity index (χ2n) is 5.16. The Morgan fingerprint density at radius 2 is 2.11 bits per heavy atom. The second kappa shape index (κ2) is 6.19. The van der Waals surface area contributed by atoms with E-state index in [0.29, 0.717) is 0 Å². The van der Waals surface area contributed by atoms with E-state index in [4.69, 9.17) is 0 Å². The van der Waals surface area contributed by atoms with Gasteiger partial charge in [0.25, 0.3) is 0 Å². The van der Waals surface area contributed by atoms with Crippen molar-refractivity contribution in [1.82, 2.24) is 9.97 Å². The zero-order chi connectivity index (χ0) is 13.8. The Bertz CT molecular complexity index is 424. The number of nitrogens with zero attached hydrogens (tertiary/aromatic N) is 3. The summed E-state index contributed by atoms with van der Waals surface area (Å²) in [4.78, 5) is 10.8. The van der Waals surface area contributed by atoms with Crippen molar-refractivity contribution < 1.29 is 5.11 Å². The zero-order valence-corrected chi connectivity index (χ0v) is 12.1. The first-order valence-electron chi connectivity index (χ1n) is 7.11. The Kier molecular flexibility index (Phi) is 4.58. The van der Waals surface area contributed by atoms with E-state index in [0.717, 1.165) is 42.9 Å². The summed E-state index contributed by atoms with van der Waals surface area (Å²) < 4.78 is 0. The van der Waals surface area contributed by atoms with Crippen molar-refractivity contribution in [3.63, 3.8) is 0 Å². The van der Waals surface area contributed by atoms with E-state index in [-0.39, 0.29) is 12.1 Å². The lowest BCUT2D eigenvalue weighted by Gasteiger charge is -2.36. The third kappa shape index (κ3) is 2.81. The first-order valence-corrected chi connectivity index (χ1v) is 7.11. The molecule has 1 aromatic rings. The minimum absolute atomic E-state index is 0.165. The van der Waals surface area contributed by atoms with Gasteiger partial charge in [-0.2, -0.15) is 0 Å². The lowest BCUT2D eigenvalue weighted by atomic mass is 9.91. The van der Waals surface area contributed by atoms with Gasteiger partial charge in [-0.1, -0.05) is 19.8 Å². The Balaban J connectivity index is 2.29. The fourth-order valence-corrected chi connectivity index (χ4v) is 2.95. The molecule has 0 aliphatic heterocycles. The lowest BCUT2D eigenvalue weighted by molar-refractivity contribution is 0.106. The fraction of sp³-hybridized carbons (Fsp3) is 0.714. The van der Waals surface area contributed by atoms with E-state index in [1.807, 2.05) is 14.1 Å². The molecule has 0 amide bonds. The van der Waals surface area contributed by atoms with Gasteiger partial charge in [-0.3, -0.25) is 0 Å². The summed E-state index contributed by atoms with van der Waals surface area (Å²) in [6, 6.07) is 0.165. The van der Waals surface area contributed by atoms with Crippen LogP contribution in [0.2, 0.25) is 0 Å². The van der Waals surface area contributed by atoms with Crippen molar-refractivity contribution in [2.75, 3.05) is 24.3 Å². The van der Waals surface area contributed by atoms with Gasteiger partial charge in [0.05, 0.1) is 12.1 Å². The Morgan fingerprint density at radius 1 is 1.37 bits per heavy atom. The Labute approximate surface area is 115 Å². The molecule has 1 aromatic heterocycles. The van der Waals surface area contributed by atoms with Crippen molar-refractivity contribution in [3.05, 3.63) is 11.9 Å². The van der Waals surface area contributed by atoms with Gasteiger partial charge in [0.2, 0.25) is 0 Å². The summed E-state index contributed by atoms with van der Waals surface area (Å²) in [5, 5.41) is 13.3. The number of hydrogen-bond acceptors (Lipinski definition) is 5. The van der Waals surface area contributed by atoms with Gasteiger partial charge in [-0.05, 0) is 19.3 Å². The van der Waals surface area contributed by atoms with Gasteiger partial charge in [0.15, 0.2) is 0 Å². The SMILES string of the molecule is CCc1c(NC)ncnc1N(C)C1CCCCC1O. The van der Waals surface area contributed by atoms with Crippen molar-refractivity contribution in [1.29, 1.82) is 0 Å². The van der Waals surface area contributed by atoms with Crippen LogP contribution in [0, 0.1) is 0 Å². The number of nitrogens with one attached hydrogen (secondary N) is 1. The van der Waals surface area contributed by atoms with Crippen LogP contribution < -0.4 is 10.2 Å². The van der Waals surface area contributed by atoms with Crippen LogP contribution in [0.25, 0.3) is 0 Å². The molecule has 5 heteroatoms. The molecule has 1 heterocycles. The molecule has 0 aromatic carbocycles. The normalized spacial score (nSPS) is 23.2. The maximum absolute atomic E-state index is 10.2. The molecule has 1 aliphatic carbocycles. The van der Waals surface area contributed by atoms with Crippen molar-refractivity contribution in [3.8, 4) is 0 Å². The second-order valence-corrected chi connectivity index (χ2v) is 5.16. The van der Waals surface area contributed by atoms with Gasteiger partial charge in [-0.25, -0.2) is 9.97 Å². The summed E-state index contributed by atoms with van der Waals surface area (Å²) in [6.07, 6.45) is 6.43. The first kappa shape index (κ1) is 14.1. The zero-order valence-electron chi connectivity index (χ0n) is 12.1. The number of anilines is 2. The number of likely N-dealkylation sites (N-methyl/N-ethyl adjacent to an activating group) is 1. The maximum Gasteiger partial charge on any atom is 0.137 e. The number of rotatable bonds is 4. The molecule has 0 bridgehead atoms. The molecule has 2 N–H and O–H groups in total. The van der Waals surface area contributed by atoms with Crippen LogP contribution in [-0.2, 0) is 6.42 Å². The highest BCUT2D eigenvalue weighted by molar-refractivity contribution is 5.58. The van der Waals surface area contributed by atoms with Crippen LogP contribution in [0.3, 0.4) is 0 Å². The van der Waals surface area contributed by atoms with E-state index >= 15 is 0 Å². The van der Waals surface area contributed by atoms with Crippen LogP contribution >= 0.6 is 0 Å². The molecule has 1 fully saturated rings. The van der Waals surface area contributed by atoms with Gasteiger partial charge in [0, 0.05) is 19.7 Å². The predicted molar refractivity (Wildman–Crippen MR) is 77.6 cm³/mol. The summed E-state index contributed by atoms with van der Waals surface area (Å²) in [5.74, 6) is 1.82. The topological polar surface area (TPSA) is 61.3 Å². The Hall–Kier alpha value is -1.36. The van der Waals surface area contributed by atoms with Gasteiger partial charge in [0.1, 0.15) is 18.0 Å².